The van der Waals surface area contributed by atoms with Crippen LogP contribution in [0.4, 0.5) is 0 Å². The lowest BCUT2D eigenvalue weighted by atomic mass is 9.95. The van der Waals surface area contributed by atoms with Gasteiger partial charge in [-0.3, -0.25) is 4.79 Å². The van der Waals surface area contributed by atoms with E-state index in [2.05, 4.69) is 43.4 Å². The molecule has 4 heteroatoms. The predicted molar refractivity (Wildman–Crippen MR) is 100 cm³/mol. The van der Waals surface area contributed by atoms with E-state index < -0.39 is 0 Å². The Morgan fingerprint density at radius 1 is 1.08 bits per heavy atom. The highest BCUT2D eigenvalue weighted by Crippen LogP contribution is 2.42. The van der Waals surface area contributed by atoms with Gasteiger partial charge in [0.15, 0.2) is 11.0 Å². The van der Waals surface area contributed by atoms with Crippen LogP contribution in [0.1, 0.15) is 40.0 Å². The summed E-state index contributed by atoms with van der Waals surface area (Å²) >= 11 is 1.67. The Morgan fingerprint density at radius 2 is 1.79 bits per heavy atom. The highest BCUT2D eigenvalue weighted by molar-refractivity contribution is 8.13. The van der Waals surface area contributed by atoms with Crippen LogP contribution in [0.3, 0.4) is 0 Å². The number of carbonyl (C=O) groups excluding carboxylic acids is 1. The first kappa shape index (κ1) is 15.2. The average Bonchev–Trinajstić information content (AvgIpc) is 2.89. The van der Waals surface area contributed by atoms with E-state index >= 15 is 0 Å². The van der Waals surface area contributed by atoms with Gasteiger partial charge in [-0.2, -0.15) is 0 Å². The maximum Gasteiger partial charge on any atom is 0.194 e. The number of Topliss-reactive ketones (excluding diaryl/α,β-unsaturated/α-hetero) is 1. The van der Waals surface area contributed by atoms with Crippen molar-refractivity contribution in [2.75, 3.05) is 5.75 Å². The third-order valence-corrected chi connectivity index (χ3v) is 5.15. The van der Waals surface area contributed by atoms with Crippen LogP contribution in [0.2, 0.25) is 0 Å². The molecule has 24 heavy (non-hydrogen) atoms. The van der Waals surface area contributed by atoms with Crippen molar-refractivity contribution >= 4 is 28.4 Å². The van der Waals surface area contributed by atoms with Crippen LogP contribution in [-0.2, 0) is 0 Å². The molecule has 2 aromatic carbocycles. The molecule has 4 rings (SSSR count). The molecule has 0 spiro atoms. The largest absolute Gasteiger partial charge is 0.334 e. The minimum Gasteiger partial charge on any atom is -0.334 e. The van der Waals surface area contributed by atoms with E-state index in [1.807, 2.05) is 24.3 Å². The first-order chi connectivity index (χ1) is 11.7. The second-order valence-electron chi connectivity index (χ2n) is 5.97. The van der Waals surface area contributed by atoms with E-state index in [9.17, 15) is 4.79 Å². The van der Waals surface area contributed by atoms with Gasteiger partial charge in [-0.15, -0.1) is 0 Å². The second-order valence-corrected chi connectivity index (χ2v) is 7.22. The van der Waals surface area contributed by atoms with Crippen molar-refractivity contribution in [1.29, 1.82) is 0 Å². The van der Waals surface area contributed by atoms with Crippen molar-refractivity contribution in [1.82, 2.24) is 5.32 Å². The van der Waals surface area contributed by atoms with E-state index in [0.29, 0.717) is 0 Å². The Labute approximate surface area is 145 Å². The van der Waals surface area contributed by atoms with E-state index in [1.54, 1.807) is 11.8 Å². The van der Waals surface area contributed by atoms with Crippen LogP contribution < -0.4 is 5.32 Å². The Bertz CT molecular complexity index is 881. The molecule has 1 N–H and O–H groups in total. The van der Waals surface area contributed by atoms with Crippen LogP contribution in [0.15, 0.2) is 59.1 Å². The fourth-order valence-electron chi connectivity index (χ4n) is 3.22. The molecule has 1 unspecified atom stereocenters. The zero-order valence-electron chi connectivity index (χ0n) is 13.7. The number of ketones is 1. The summed E-state index contributed by atoms with van der Waals surface area (Å²) in [5, 5.41) is 4.27. The van der Waals surface area contributed by atoms with Crippen molar-refractivity contribution in [2.24, 2.45) is 4.99 Å². The molecule has 1 heterocycles. The summed E-state index contributed by atoms with van der Waals surface area (Å²) in [6.45, 7) is 4.17. The fourth-order valence-corrected chi connectivity index (χ4v) is 3.85. The fraction of sp³-hybridized carbons (Fsp3) is 0.200. The molecule has 0 fully saturated rings. The summed E-state index contributed by atoms with van der Waals surface area (Å²) in [6, 6.07) is 15.9. The van der Waals surface area contributed by atoms with Crippen molar-refractivity contribution in [3.05, 3.63) is 76.4 Å². The molecule has 2 aliphatic rings. The predicted octanol–water partition coefficient (Wildman–Crippen LogP) is 4.36. The molecule has 0 aromatic heterocycles. The third-order valence-electron chi connectivity index (χ3n) is 4.38. The molecule has 0 saturated heterocycles. The molecule has 0 saturated carbocycles. The number of thioether (sulfide) groups is 1. The molecular weight excluding hydrogens is 316 g/mol. The molecule has 0 bridgehead atoms. The van der Waals surface area contributed by atoms with E-state index in [-0.39, 0.29) is 11.8 Å². The van der Waals surface area contributed by atoms with Crippen molar-refractivity contribution in [2.45, 2.75) is 19.9 Å². The number of nitrogens with zero attached hydrogens (tertiary/aromatic N) is 1. The van der Waals surface area contributed by atoms with Gasteiger partial charge < -0.3 is 5.32 Å². The second kappa shape index (κ2) is 5.95. The minimum absolute atomic E-state index is 0.0861. The van der Waals surface area contributed by atoms with Gasteiger partial charge in [0, 0.05) is 11.1 Å². The van der Waals surface area contributed by atoms with E-state index in [4.69, 9.17) is 4.99 Å². The minimum atomic E-state index is -0.240. The standard InChI is InChI=1S/C20H18N2OS/c1-3-24-20-21-17(13-10-8-12(2)9-11-13)16-18(22-20)14-6-4-5-7-15(14)19(16)23/h4-11,17H,3H2,1-2H3,(H,21,22). The summed E-state index contributed by atoms with van der Waals surface area (Å²) in [4.78, 5) is 17.8. The SMILES string of the molecule is CCSC1=NC(c2ccc(C)cc2)C2=C(N1)c1ccccc1C2=O. The van der Waals surface area contributed by atoms with E-state index in [1.165, 1.54) is 5.56 Å². The number of carbonyl (C=O) groups is 1. The monoisotopic (exact) mass is 334 g/mol. The number of rotatable bonds is 2. The molecule has 1 atom stereocenters. The number of aryl methyl sites for hydroxylation is 1. The lowest BCUT2D eigenvalue weighted by Crippen LogP contribution is -2.26. The highest BCUT2D eigenvalue weighted by atomic mass is 32.2. The van der Waals surface area contributed by atoms with Gasteiger partial charge in [0.25, 0.3) is 0 Å². The van der Waals surface area contributed by atoms with Crippen molar-refractivity contribution < 1.29 is 4.79 Å². The van der Waals surface area contributed by atoms with Gasteiger partial charge in [0.1, 0.15) is 6.04 Å². The molecule has 2 aromatic rings. The van der Waals surface area contributed by atoms with Crippen molar-refractivity contribution in [3.63, 3.8) is 0 Å². The number of benzene rings is 2. The quantitative estimate of drug-likeness (QED) is 0.887. The smallest absolute Gasteiger partial charge is 0.194 e. The van der Waals surface area contributed by atoms with Crippen LogP contribution in [0, 0.1) is 6.92 Å². The molecule has 120 valence electrons. The Morgan fingerprint density at radius 3 is 2.50 bits per heavy atom. The Kier molecular flexibility index (Phi) is 3.77. The summed E-state index contributed by atoms with van der Waals surface area (Å²) < 4.78 is 0. The van der Waals surface area contributed by atoms with Crippen LogP contribution in [-0.4, -0.2) is 16.7 Å². The number of nitrogens with one attached hydrogen (secondary N) is 1. The average molecular weight is 334 g/mol. The normalized spacial score (nSPS) is 18.8. The summed E-state index contributed by atoms with van der Waals surface area (Å²) in [7, 11) is 0. The number of hydrogen-bond acceptors (Lipinski definition) is 4. The van der Waals surface area contributed by atoms with Gasteiger partial charge in [0.05, 0.1) is 11.3 Å². The van der Waals surface area contributed by atoms with E-state index in [0.717, 1.165) is 38.9 Å². The van der Waals surface area contributed by atoms with Gasteiger partial charge >= 0.3 is 0 Å². The zero-order valence-corrected chi connectivity index (χ0v) is 14.5. The summed E-state index contributed by atoms with van der Waals surface area (Å²) in [5.74, 6) is 1.02. The van der Waals surface area contributed by atoms with Crippen LogP contribution in [0.5, 0.6) is 0 Å². The lowest BCUT2D eigenvalue weighted by Gasteiger charge is -2.24. The topological polar surface area (TPSA) is 41.5 Å². The first-order valence-corrected chi connectivity index (χ1v) is 9.10. The van der Waals surface area contributed by atoms with Crippen LogP contribution >= 0.6 is 11.8 Å². The number of amidine groups is 1. The van der Waals surface area contributed by atoms with Crippen LogP contribution in [0.25, 0.3) is 5.70 Å². The molecule has 1 aliphatic carbocycles. The number of hydrogen-bond donors (Lipinski definition) is 1. The van der Waals surface area contributed by atoms with Gasteiger partial charge in [-0.05, 0) is 18.2 Å². The molecule has 0 radical (unpaired) electrons. The lowest BCUT2D eigenvalue weighted by molar-refractivity contribution is 0.103. The van der Waals surface area contributed by atoms with Crippen molar-refractivity contribution in [3.8, 4) is 0 Å². The highest BCUT2D eigenvalue weighted by Gasteiger charge is 2.38. The molecule has 1 aliphatic heterocycles. The van der Waals surface area contributed by atoms with Gasteiger partial charge in [-0.1, -0.05) is 72.8 Å². The van der Waals surface area contributed by atoms with Gasteiger partial charge in [0.2, 0.25) is 0 Å². The summed E-state index contributed by atoms with van der Waals surface area (Å²) in [5.41, 5.74) is 5.71. The molecular formula is C20H18N2OS. The zero-order chi connectivity index (χ0) is 16.7. The molecule has 3 nitrogen and oxygen atoms in total. The number of aliphatic imine (C=N–C) groups is 1. The maximum absolute atomic E-state index is 13.0. The Balaban J connectivity index is 1.86. The summed E-state index contributed by atoms with van der Waals surface area (Å²) in [6.07, 6.45) is 0. The first-order valence-electron chi connectivity index (χ1n) is 8.11. The molecule has 0 amide bonds. The van der Waals surface area contributed by atoms with Gasteiger partial charge in [-0.25, -0.2) is 4.99 Å². The number of fused-ring (bicyclic) bond motifs is 2. The third kappa shape index (κ3) is 2.38. The Hall–Kier alpha value is -2.33. The maximum atomic E-state index is 13.0.